The maximum absolute atomic E-state index is 11.6. The van der Waals surface area contributed by atoms with Gasteiger partial charge in [-0.1, -0.05) is 12.1 Å². The minimum atomic E-state index is -0.304. The van der Waals surface area contributed by atoms with Gasteiger partial charge in [-0.25, -0.2) is 9.78 Å². The Balaban J connectivity index is 2.00. The third-order valence-electron chi connectivity index (χ3n) is 1.77. The number of para-hydroxylation sites is 1. The van der Waals surface area contributed by atoms with Gasteiger partial charge >= 0.3 is 6.03 Å². The number of urea groups is 1. The van der Waals surface area contributed by atoms with Gasteiger partial charge in [-0.05, 0) is 28.1 Å². The number of amides is 2. The zero-order valence-corrected chi connectivity index (χ0v) is 10.5. The lowest BCUT2D eigenvalue weighted by molar-refractivity contribution is 0.262. The molecular formula is C10H8BrN3OS. The molecule has 0 spiro atoms. The van der Waals surface area contributed by atoms with Gasteiger partial charge in [0.15, 0.2) is 5.13 Å². The number of rotatable bonds is 2. The molecule has 1 heterocycles. The van der Waals surface area contributed by atoms with E-state index in [1.807, 2.05) is 24.3 Å². The van der Waals surface area contributed by atoms with Crippen LogP contribution in [0.4, 0.5) is 15.6 Å². The van der Waals surface area contributed by atoms with Gasteiger partial charge in [-0.15, -0.1) is 11.3 Å². The molecule has 2 amide bonds. The van der Waals surface area contributed by atoms with E-state index in [4.69, 9.17) is 0 Å². The number of carbonyl (C=O) groups excluding carboxylic acids is 1. The normalized spacial score (nSPS) is 9.81. The van der Waals surface area contributed by atoms with E-state index >= 15 is 0 Å². The molecule has 0 unspecified atom stereocenters. The molecule has 0 fully saturated rings. The molecular weight excluding hydrogens is 290 g/mol. The summed E-state index contributed by atoms with van der Waals surface area (Å²) in [4.78, 5) is 15.5. The van der Waals surface area contributed by atoms with Gasteiger partial charge in [-0.3, -0.25) is 5.32 Å². The van der Waals surface area contributed by atoms with Crippen LogP contribution in [0.3, 0.4) is 0 Å². The smallest absolute Gasteiger partial charge is 0.307 e. The number of hydrogen-bond donors (Lipinski definition) is 2. The summed E-state index contributed by atoms with van der Waals surface area (Å²) in [5, 5.41) is 7.73. The number of carbonyl (C=O) groups is 1. The molecule has 0 aliphatic heterocycles. The van der Waals surface area contributed by atoms with Crippen molar-refractivity contribution < 1.29 is 4.79 Å². The summed E-state index contributed by atoms with van der Waals surface area (Å²) in [7, 11) is 0. The number of anilines is 2. The number of hydrogen-bond acceptors (Lipinski definition) is 3. The molecule has 0 saturated carbocycles. The van der Waals surface area contributed by atoms with E-state index in [9.17, 15) is 4.79 Å². The third-order valence-corrected chi connectivity index (χ3v) is 3.15. The predicted octanol–water partition coefficient (Wildman–Crippen LogP) is 3.55. The first kappa shape index (κ1) is 11.1. The van der Waals surface area contributed by atoms with E-state index < -0.39 is 0 Å². The standard InChI is InChI=1S/C10H8BrN3OS/c11-7-3-1-2-4-8(7)13-9(15)14-10-12-5-6-16-10/h1-6H,(H2,12,13,14,15). The highest BCUT2D eigenvalue weighted by Gasteiger charge is 2.05. The second kappa shape index (κ2) is 5.09. The Bertz CT molecular complexity index is 487. The van der Waals surface area contributed by atoms with Crippen molar-refractivity contribution in [3.05, 3.63) is 40.3 Å². The Morgan fingerprint density at radius 3 is 2.81 bits per heavy atom. The molecule has 2 rings (SSSR count). The topological polar surface area (TPSA) is 54.0 Å². The summed E-state index contributed by atoms with van der Waals surface area (Å²) < 4.78 is 0.837. The number of nitrogens with one attached hydrogen (secondary N) is 2. The van der Waals surface area contributed by atoms with Crippen LogP contribution in [-0.2, 0) is 0 Å². The number of aromatic nitrogens is 1. The first-order chi connectivity index (χ1) is 7.75. The van der Waals surface area contributed by atoms with Crippen molar-refractivity contribution >= 4 is 44.1 Å². The van der Waals surface area contributed by atoms with Gasteiger partial charge in [0, 0.05) is 16.0 Å². The molecule has 4 nitrogen and oxygen atoms in total. The van der Waals surface area contributed by atoms with Crippen LogP contribution in [0.15, 0.2) is 40.3 Å². The van der Waals surface area contributed by atoms with Crippen LogP contribution in [0.25, 0.3) is 0 Å². The molecule has 82 valence electrons. The van der Waals surface area contributed by atoms with Crippen molar-refractivity contribution in [1.29, 1.82) is 0 Å². The average Bonchev–Trinajstić information content (AvgIpc) is 2.74. The SMILES string of the molecule is O=C(Nc1nccs1)Nc1ccccc1Br. The number of benzene rings is 1. The van der Waals surface area contributed by atoms with Crippen LogP contribution in [0, 0.1) is 0 Å². The Labute approximate surface area is 105 Å². The third kappa shape index (κ3) is 2.80. The summed E-state index contributed by atoms with van der Waals surface area (Å²) in [6.07, 6.45) is 1.64. The molecule has 0 aliphatic rings. The van der Waals surface area contributed by atoms with Crippen molar-refractivity contribution in [1.82, 2.24) is 4.98 Å². The zero-order chi connectivity index (χ0) is 11.4. The summed E-state index contributed by atoms with van der Waals surface area (Å²) in [5.41, 5.74) is 0.719. The quantitative estimate of drug-likeness (QED) is 0.891. The fourth-order valence-electron chi connectivity index (χ4n) is 1.10. The molecule has 2 N–H and O–H groups in total. The fraction of sp³-hybridized carbons (Fsp3) is 0. The van der Waals surface area contributed by atoms with Crippen molar-refractivity contribution in [3.63, 3.8) is 0 Å². The molecule has 0 atom stereocenters. The highest BCUT2D eigenvalue weighted by atomic mass is 79.9. The van der Waals surface area contributed by atoms with Gasteiger partial charge < -0.3 is 5.32 Å². The van der Waals surface area contributed by atoms with Crippen LogP contribution >= 0.6 is 27.3 Å². The van der Waals surface area contributed by atoms with Crippen molar-refractivity contribution in [2.75, 3.05) is 10.6 Å². The van der Waals surface area contributed by atoms with Gasteiger partial charge in [0.05, 0.1) is 5.69 Å². The fourth-order valence-corrected chi connectivity index (χ4v) is 2.01. The van der Waals surface area contributed by atoms with E-state index in [2.05, 4.69) is 31.5 Å². The molecule has 1 aromatic carbocycles. The second-order valence-electron chi connectivity index (χ2n) is 2.90. The minimum absolute atomic E-state index is 0.304. The van der Waals surface area contributed by atoms with Crippen molar-refractivity contribution in [2.24, 2.45) is 0 Å². The van der Waals surface area contributed by atoms with Crippen LogP contribution in [0.1, 0.15) is 0 Å². The molecule has 1 aromatic heterocycles. The summed E-state index contributed by atoms with van der Waals surface area (Å²) in [5.74, 6) is 0. The lowest BCUT2D eigenvalue weighted by atomic mass is 10.3. The maximum atomic E-state index is 11.6. The Kier molecular flexibility index (Phi) is 3.53. The molecule has 2 aromatic rings. The van der Waals surface area contributed by atoms with Gasteiger partial charge in [-0.2, -0.15) is 0 Å². The molecule has 0 aliphatic carbocycles. The first-order valence-electron chi connectivity index (χ1n) is 4.48. The van der Waals surface area contributed by atoms with E-state index in [0.717, 1.165) is 10.2 Å². The van der Waals surface area contributed by atoms with E-state index in [-0.39, 0.29) is 6.03 Å². The van der Waals surface area contributed by atoms with Gasteiger partial charge in [0.1, 0.15) is 0 Å². The molecule has 0 saturated heterocycles. The number of nitrogens with zero attached hydrogens (tertiary/aromatic N) is 1. The van der Waals surface area contributed by atoms with Crippen LogP contribution in [0.5, 0.6) is 0 Å². The zero-order valence-electron chi connectivity index (χ0n) is 8.11. The van der Waals surface area contributed by atoms with Gasteiger partial charge in [0.2, 0.25) is 0 Å². The van der Waals surface area contributed by atoms with Crippen LogP contribution in [0.2, 0.25) is 0 Å². The lowest BCUT2D eigenvalue weighted by Crippen LogP contribution is -2.19. The predicted molar refractivity (Wildman–Crippen MR) is 68.9 cm³/mol. The van der Waals surface area contributed by atoms with E-state index in [1.165, 1.54) is 11.3 Å². The molecule has 0 bridgehead atoms. The highest BCUT2D eigenvalue weighted by Crippen LogP contribution is 2.21. The Morgan fingerprint density at radius 2 is 2.12 bits per heavy atom. The summed E-state index contributed by atoms with van der Waals surface area (Å²) >= 11 is 4.72. The number of thiazole rings is 1. The lowest BCUT2D eigenvalue weighted by Gasteiger charge is -2.06. The van der Waals surface area contributed by atoms with Crippen molar-refractivity contribution in [2.45, 2.75) is 0 Å². The number of halogens is 1. The van der Waals surface area contributed by atoms with E-state index in [1.54, 1.807) is 11.6 Å². The maximum Gasteiger partial charge on any atom is 0.325 e. The molecule has 16 heavy (non-hydrogen) atoms. The minimum Gasteiger partial charge on any atom is -0.307 e. The Morgan fingerprint density at radius 1 is 1.31 bits per heavy atom. The average molecular weight is 298 g/mol. The summed E-state index contributed by atoms with van der Waals surface area (Å²) in [6.45, 7) is 0. The highest BCUT2D eigenvalue weighted by molar-refractivity contribution is 9.10. The Hall–Kier alpha value is -1.40. The van der Waals surface area contributed by atoms with Gasteiger partial charge in [0.25, 0.3) is 0 Å². The van der Waals surface area contributed by atoms with Crippen LogP contribution in [-0.4, -0.2) is 11.0 Å². The largest absolute Gasteiger partial charge is 0.325 e. The van der Waals surface area contributed by atoms with E-state index in [0.29, 0.717) is 5.13 Å². The van der Waals surface area contributed by atoms with Crippen molar-refractivity contribution in [3.8, 4) is 0 Å². The first-order valence-corrected chi connectivity index (χ1v) is 6.15. The monoisotopic (exact) mass is 297 g/mol. The summed E-state index contributed by atoms with van der Waals surface area (Å²) in [6, 6.07) is 7.10. The molecule has 6 heteroatoms. The second-order valence-corrected chi connectivity index (χ2v) is 4.65. The van der Waals surface area contributed by atoms with Crippen LogP contribution < -0.4 is 10.6 Å². The molecule has 0 radical (unpaired) electrons.